The van der Waals surface area contributed by atoms with Crippen LogP contribution in [0, 0.1) is 0 Å². The van der Waals surface area contributed by atoms with Gasteiger partial charge in [-0.25, -0.2) is 4.68 Å². The number of ether oxygens (including phenoxy) is 1. The monoisotopic (exact) mass is 287 g/mol. The molecule has 1 rings (SSSR count). The SMILES string of the molecule is COC(=O)Cn1nnnc1SCCCC(=O)N(C)C. The summed E-state index contributed by atoms with van der Waals surface area (Å²) in [4.78, 5) is 24.1. The van der Waals surface area contributed by atoms with Gasteiger partial charge in [0.05, 0.1) is 7.11 Å². The maximum absolute atomic E-state index is 11.4. The van der Waals surface area contributed by atoms with Gasteiger partial charge in [-0.05, 0) is 16.8 Å². The maximum Gasteiger partial charge on any atom is 0.327 e. The summed E-state index contributed by atoms with van der Waals surface area (Å²) in [6.45, 7) is -0.0114. The average Bonchev–Trinajstić information content (AvgIpc) is 2.81. The first-order valence-corrected chi connectivity index (χ1v) is 6.69. The number of tetrazole rings is 1. The van der Waals surface area contributed by atoms with Gasteiger partial charge < -0.3 is 9.64 Å². The van der Waals surface area contributed by atoms with Crippen LogP contribution in [0.3, 0.4) is 0 Å². The Labute approximate surface area is 115 Å². The van der Waals surface area contributed by atoms with Gasteiger partial charge in [0.25, 0.3) is 0 Å². The lowest BCUT2D eigenvalue weighted by Crippen LogP contribution is -2.21. The highest BCUT2D eigenvalue weighted by atomic mass is 32.2. The van der Waals surface area contributed by atoms with E-state index in [4.69, 9.17) is 0 Å². The molecule has 0 atom stereocenters. The van der Waals surface area contributed by atoms with Crippen LogP contribution in [0.5, 0.6) is 0 Å². The number of thioether (sulfide) groups is 1. The molecule has 9 heteroatoms. The van der Waals surface area contributed by atoms with E-state index in [-0.39, 0.29) is 12.5 Å². The third kappa shape index (κ3) is 5.25. The largest absolute Gasteiger partial charge is 0.468 e. The van der Waals surface area contributed by atoms with Gasteiger partial charge in [0.15, 0.2) is 0 Å². The van der Waals surface area contributed by atoms with Crippen molar-refractivity contribution in [3.63, 3.8) is 0 Å². The molecule has 0 aromatic carbocycles. The predicted octanol–water partition coefficient (Wildman–Crippen LogP) is -0.193. The van der Waals surface area contributed by atoms with Gasteiger partial charge in [-0.15, -0.1) is 5.10 Å². The molecule has 1 heterocycles. The number of carbonyl (C=O) groups is 2. The number of hydrogen-bond acceptors (Lipinski definition) is 7. The van der Waals surface area contributed by atoms with Crippen LogP contribution in [0.4, 0.5) is 0 Å². The molecule has 0 fully saturated rings. The number of aromatic nitrogens is 4. The van der Waals surface area contributed by atoms with Crippen molar-refractivity contribution in [3.05, 3.63) is 0 Å². The van der Waals surface area contributed by atoms with Crippen LogP contribution in [-0.4, -0.2) is 63.9 Å². The van der Waals surface area contributed by atoms with Crippen molar-refractivity contribution in [2.75, 3.05) is 27.0 Å². The zero-order valence-corrected chi connectivity index (χ0v) is 12.0. The average molecular weight is 287 g/mol. The highest BCUT2D eigenvalue weighted by Gasteiger charge is 2.11. The van der Waals surface area contributed by atoms with Gasteiger partial charge in [-0.3, -0.25) is 9.59 Å². The van der Waals surface area contributed by atoms with Crippen LogP contribution in [0.2, 0.25) is 0 Å². The van der Waals surface area contributed by atoms with E-state index in [0.717, 1.165) is 6.42 Å². The van der Waals surface area contributed by atoms with Crippen molar-refractivity contribution in [3.8, 4) is 0 Å². The summed E-state index contributed by atoms with van der Waals surface area (Å²) in [7, 11) is 4.77. The Morgan fingerprint density at radius 1 is 1.42 bits per heavy atom. The van der Waals surface area contributed by atoms with Crippen molar-refractivity contribution in [1.29, 1.82) is 0 Å². The van der Waals surface area contributed by atoms with Crippen LogP contribution < -0.4 is 0 Å². The maximum atomic E-state index is 11.4. The number of carbonyl (C=O) groups excluding carboxylic acids is 2. The Balaban J connectivity index is 2.35. The third-order valence-corrected chi connectivity index (χ3v) is 3.31. The van der Waals surface area contributed by atoms with Crippen molar-refractivity contribution in [1.82, 2.24) is 25.1 Å². The zero-order valence-electron chi connectivity index (χ0n) is 11.2. The fourth-order valence-electron chi connectivity index (χ4n) is 1.20. The number of amides is 1. The van der Waals surface area contributed by atoms with Gasteiger partial charge in [-0.1, -0.05) is 11.8 Å². The molecular weight excluding hydrogens is 270 g/mol. The molecule has 0 radical (unpaired) electrons. The molecular formula is C10H17N5O3S. The van der Waals surface area contributed by atoms with Gasteiger partial charge in [-0.2, -0.15) is 0 Å². The molecule has 1 aromatic rings. The normalized spacial score (nSPS) is 10.3. The standard InChI is InChI=1S/C10H17N5O3S/c1-14(2)8(16)5-4-6-19-10-11-12-13-15(10)7-9(17)18-3/h4-7H2,1-3H3. The van der Waals surface area contributed by atoms with Crippen LogP contribution >= 0.6 is 11.8 Å². The van der Waals surface area contributed by atoms with E-state index >= 15 is 0 Å². The number of methoxy groups -OCH3 is 1. The first kappa shape index (κ1) is 15.4. The van der Waals surface area contributed by atoms with Crippen LogP contribution in [0.25, 0.3) is 0 Å². The summed E-state index contributed by atoms with van der Waals surface area (Å²) in [5, 5.41) is 11.6. The molecule has 0 unspecified atom stereocenters. The molecule has 0 aliphatic rings. The van der Waals surface area contributed by atoms with Gasteiger partial charge >= 0.3 is 5.97 Å². The lowest BCUT2D eigenvalue weighted by molar-refractivity contribution is -0.141. The second-order valence-corrected chi connectivity index (χ2v) is 5.00. The molecule has 0 aliphatic heterocycles. The Hall–Kier alpha value is -1.64. The predicted molar refractivity (Wildman–Crippen MR) is 68.5 cm³/mol. The summed E-state index contributed by atoms with van der Waals surface area (Å²) < 4.78 is 5.93. The minimum absolute atomic E-state index is 0.0114. The van der Waals surface area contributed by atoms with Crippen molar-refractivity contribution < 1.29 is 14.3 Å². The molecule has 19 heavy (non-hydrogen) atoms. The zero-order chi connectivity index (χ0) is 14.3. The van der Waals surface area contributed by atoms with Gasteiger partial charge in [0.1, 0.15) is 6.54 Å². The summed E-state index contributed by atoms with van der Waals surface area (Å²) >= 11 is 1.41. The molecule has 0 saturated carbocycles. The Morgan fingerprint density at radius 3 is 2.79 bits per heavy atom. The second-order valence-electron chi connectivity index (χ2n) is 3.94. The minimum atomic E-state index is -0.406. The minimum Gasteiger partial charge on any atom is -0.468 e. The molecule has 0 aliphatic carbocycles. The fraction of sp³-hybridized carbons (Fsp3) is 0.700. The van der Waals surface area contributed by atoms with Crippen LogP contribution in [0.15, 0.2) is 5.16 Å². The molecule has 106 valence electrons. The van der Waals surface area contributed by atoms with Gasteiger partial charge in [0.2, 0.25) is 11.1 Å². The highest BCUT2D eigenvalue weighted by Crippen LogP contribution is 2.15. The number of rotatable bonds is 7. The van der Waals surface area contributed by atoms with E-state index in [1.807, 2.05) is 0 Å². The molecule has 0 bridgehead atoms. The van der Waals surface area contributed by atoms with E-state index in [2.05, 4.69) is 20.3 Å². The van der Waals surface area contributed by atoms with E-state index in [1.165, 1.54) is 23.6 Å². The molecule has 1 amide bonds. The first-order chi connectivity index (χ1) is 9.04. The Morgan fingerprint density at radius 2 is 2.16 bits per heavy atom. The fourth-order valence-corrected chi connectivity index (χ4v) is 2.01. The van der Waals surface area contributed by atoms with Crippen LogP contribution in [0.1, 0.15) is 12.8 Å². The number of hydrogen-bond donors (Lipinski definition) is 0. The summed E-state index contributed by atoms with van der Waals surface area (Å²) in [5.74, 6) is 0.396. The third-order valence-electron chi connectivity index (χ3n) is 2.27. The van der Waals surface area contributed by atoms with Crippen molar-refractivity contribution >= 4 is 23.6 Å². The summed E-state index contributed by atoms with van der Waals surface area (Å²) in [6.07, 6.45) is 1.21. The Bertz CT molecular complexity index is 435. The number of esters is 1. The lowest BCUT2D eigenvalue weighted by atomic mass is 10.3. The lowest BCUT2D eigenvalue weighted by Gasteiger charge is -2.09. The summed E-state index contributed by atoms with van der Waals surface area (Å²) in [5.41, 5.74) is 0. The summed E-state index contributed by atoms with van der Waals surface area (Å²) in [6, 6.07) is 0. The Kier molecular flexibility index (Phi) is 6.26. The molecule has 0 saturated heterocycles. The quantitative estimate of drug-likeness (QED) is 0.390. The van der Waals surface area contributed by atoms with Gasteiger partial charge in [0, 0.05) is 26.3 Å². The highest BCUT2D eigenvalue weighted by molar-refractivity contribution is 7.99. The second kappa shape index (κ2) is 7.72. The van der Waals surface area contributed by atoms with E-state index in [1.54, 1.807) is 19.0 Å². The van der Waals surface area contributed by atoms with Crippen molar-refractivity contribution in [2.45, 2.75) is 24.5 Å². The molecule has 8 nitrogen and oxygen atoms in total. The number of nitrogens with zero attached hydrogens (tertiary/aromatic N) is 5. The topological polar surface area (TPSA) is 90.2 Å². The van der Waals surface area contributed by atoms with E-state index < -0.39 is 5.97 Å². The van der Waals surface area contributed by atoms with Crippen LogP contribution in [-0.2, 0) is 20.9 Å². The smallest absolute Gasteiger partial charge is 0.327 e. The van der Waals surface area contributed by atoms with E-state index in [9.17, 15) is 9.59 Å². The molecule has 0 spiro atoms. The van der Waals surface area contributed by atoms with Crippen molar-refractivity contribution in [2.24, 2.45) is 0 Å². The molecule has 0 N–H and O–H groups in total. The molecule has 1 aromatic heterocycles. The van der Waals surface area contributed by atoms with E-state index in [0.29, 0.717) is 17.3 Å². The first-order valence-electron chi connectivity index (χ1n) is 5.70.